The van der Waals surface area contributed by atoms with Crippen molar-refractivity contribution in [1.82, 2.24) is 10.6 Å². The normalized spacial score (nSPS) is 30.1. The van der Waals surface area contributed by atoms with Gasteiger partial charge in [-0.1, -0.05) is 25.8 Å². The molecule has 0 unspecified atom stereocenters. The van der Waals surface area contributed by atoms with Crippen LogP contribution in [-0.4, -0.2) is 46.5 Å². The molecule has 2 saturated carbocycles. The minimum absolute atomic E-state index is 0.0486. The van der Waals surface area contributed by atoms with Crippen molar-refractivity contribution in [2.75, 3.05) is 13.1 Å². The van der Waals surface area contributed by atoms with E-state index < -0.39 is 11.2 Å². The zero-order valence-electron chi connectivity index (χ0n) is 23.8. The van der Waals surface area contributed by atoms with E-state index in [9.17, 15) is 19.8 Å². The molecule has 3 aliphatic carbocycles. The van der Waals surface area contributed by atoms with Gasteiger partial charge in [-0.05, 0) is 119 Å². The standard InChI is InChI=1S/C31H48N2O5/c1-29(2,3)38-28(36)33-18-8-6-5-7-17-32-27(35)20-31(37)16-14-26-25-11-9-21-19-22(34)10-12-23(21)24(25)13-15-30(26,31)4/h10,12,19,24-26,34,37H,5-9,11,13-18,20H2,1-4H3,(H,32,35)(H,33,36)/t24-,25-,26+,30+,31-/m1/s1. The third-order valence-corrected chi connectivity index (χ3v) is 9.58. The van der Waals surface area contributed by atoms with Gasteiger partial charge in [-0.15, -0.1) is 0 Å². The van der Waals surface area contributed by atoms with Gasteiger partial charge in [-0.2, -0.15) is 0 Å². The van der Waals surface area contributed by atoms with Crippen LogP contribution in [-0.2, 0) is 16.0 Å². The molecule has 212 valence electrons. The number of amides is 2. The lowest BCUT2D eigenvalue weighted by Crippen LogP contribution is -2.52. The minimum atomic E-state index is -0.949. The van der Waals surface area contributed by atoms with E-state index in [4.69, 9.17) is 4.74 Å². The molecule has 38 heavy (non-hydrogen) atoms. The van der Waals surface area contributed by atoms with Crippen molar-refractivity contribution < 1.29 is 24.5 Å². The Bertz CT molecular complexity index is 1000. The molecule has 4 N–H and O–H groups in total. The zero-order valence-corrected chi connectivity index (χ0v) is 23.8. The maximum Gasteiger partial charge on any atom is 0.407 e. The van der Waals surface area contributed by atoms with Crippen LogP contribution in [0.4, 0.5) is 4.79 Å². The number of aryl methyl sites for hydroxylation is 1. The molecular formula is C31H48N2O5. The molecule has 0 spiro atoms. The fourth-order valence-electron chi connectivity index (χ4n) is 7.63. The quantitative estimate of drug-likeness (QED) is 0.313. The van der Waals surface area contributed by atoms with Crippen molar-refractivity contribution in [1.29, 1.82) is 0 Å². The van der Waals surface area contributed by atoms with Crippen molar-refractivity contribution >= 4 is 12.0 Å². The Kier molecular flexibility index (Phi) is 8.65. The summed E-state index contributed by atoms with van der Waals surface area (Å²) in [6.45, 7) is 8.97. The van der Waals surface area contributed by atoms with Crippen molar-refractivity contribution in [3.63, 3.8) is 0 Å². The molecule has 0 saturated heterocycles. The molecule has 2 fully saturated rings. The van der Waals surface area contributed by atoms with Gasteiger partial charge in [-0.3, -0.25) is 4.79 Å². The highest BCUT2D eigenvalue weighted by molar-refractivity contribution is 5.77. The summed E-state index contributed by atoms with van der Waals surface area (Å²) in [4.78, 5) is 24.5. The number of nitrogens with one attached hydrogen (secondary N) is 2. The van der Waals surface area contributed by atoms with E-state index in [1.165, 1.54) is 11.1 Å². The first-order valence-corrected chi connectivity index (χ1v) is 14.7. The molecule has 2 amide bonds. The van der Waals surface area contributed by atoms with E-state index in [0.29, 0.717) is 43.0 Å². The molecule has 1 aromatic rings. The van der Waals surface area contributed by atoms with Gasteiger partial charge in [0.25, 0.3) is 0 Å². The summed E-state index contributed by atoms with van der Waals surface area (Å²) in [6.07, 6.45) is 9.21. The predicted molar refractivity (Wildman–Crippen MR) is 148 cm³/mol. The van der Waals surface area contributed by atoms with Crippen LogP contribution < -0.4 is 10.6 Å². The number of hydrogen-bond acceptors (Lipinski definition) is 5. The zero-order chi connectivity index (χ0) is 27.6. The highest BCUT2D eigenvalue weighted by Gasteiger charge is 2.61. The maximum atomic E-state index is 12.9. The molecule has 0 heterocycles. The Morgan fingerprint density at radius 3 is 2.45 bits per heavy atom. The third kappa shape index (κ3) is 6.30. The SMILES string of the molecule is CC(C)(C)OC(=O)NCCCCCCNC(=O)C[C@]1(O)CC[C@H]2[C@@H]3CCc4cc(O)ccc4[C@H]3CC[C@@]21C. The minimum Gasteiger partial charge on any atom is -0.508 e. The molecule has 5 atom stereocenters. The molecular weight excluding hydrogens is 480 g/mol. The molecule has 4 rings (SSSR count). The Labute approximate surface area is 228 Å². The first-order valence-electron chi connectivity index (χ1n) is 14.7. The summed E-state index contributed by atoms with van der Waals surface area (Å²) in [5.74, 6) is 1.75. The van der Waals surface area contributed by atoms with E-state index in [2.05, 4.69) is 23.6 Å². The lowest BCUT2D eigenvalue weighted by Gasteiger charge is -2.53. The molecule has 7 heteroatoms. The van der Waals surface area contributed by atoms with Gasteiger partial charge in [-0.25, -0.2) is 4.79 Å². The van der Waals surface area contributed by atoms with Crippen LogP contribution in [0.2, 0.25) is 0 Å². The fraction of sp³-hybridized carbons (Fsp3) is 0.742. The van der Waals surface area contributed by atoms with Gasteiger partial charge in [0.15, 0.2) is 0 Å². The molecule has 3 aliphatic rings. The van der Waals surface area contributed by atoms with Crippen molar-refractivity contribution in [2.45, 2.75) is 115 Å². The number of aliphatic hydroxyl groups is 1. The Morgan fingerprint density at radius 1 is 1.03 bits per heavy atom. The van der Waals surface area contributed by atoms with Crippen LogP contribution in [0.5, 0.6) is 5.75 Å². The number of phenolic OH excluding ortho intramolecular Hbond substituents is 1. The predicted octanol–water partition coefficient (Wildman–Crippen LogP) is 5.57. The maximum absolute atomic E-state index is 12.9. The van der Waals surface area contributed by atoms with Crippen LogP contribution in [0.3, 0.4) is 0 Å². The summed E-state index contributed by atoms with van der Waals surface area (Å²) in [7, 11) is 0. The van der Waals surface area contributed by atoms with Gasteiger partial charge in [0.1, 0.15) is 11.4 Å². The summed E-state index contributed by atoms with van der Waals surface area (Å²) >= 11 is 0. The number of fused-ring (bicyclic) bond motifs is 5. The van der Waals surface area contributed by atoms with Gasteiger partial charge < -0.3 is 25.6 Å². The van der Waals surface area contributed by atoms with Crippen molar-refractivity contribution in [3.8, 4) is 5.75 Å². The number of ether oxygens (including phenoxy) is 1. The van der Waals surface area contributed by atoms with Crippen LogP contribution in [0.1, 0.15) is 109 Å². The van der Waals surface area contributed by atoms with Gasteiger partial charge >= 0.3 is 6.09 Å². The lowest BCUT2D eigenvalue weighted by molar-refractivity contribution is -0.139. The Hall–Kier alpha value is -2.28. The largest absolute Gasteiger partial charge is 0.508 e. The number of hydrogen-bond donors (Lipinski definition) is 4. The van der Waals surface area contributed by atoms with Crippen LogP contribution in [0.25, 0.3) is 0 Å². The number of unbranched alkanes of at least 4 members (excludes halogenated alkanes) is 3. The van der Waals surface area contributed by atoms with E-state index >= 15 is 0 Å². The monoisotopic (exact) mass is 528 g/mol. The summed E-state index contributed by atoms with van der Waals surface area (Å²) in [5, 5.41) is 27.5. The van der Waals surface area contributed by atoms with Crippen molar-refractivity contribution in [2.24, 2.45) is 17.3 Å². The molecule has 0 aromatic heterocycles. The van der Waals surface area contributed by atoms with Crippen molar-refractivity contribution in [3.05, 3.63) is 29.3 Å². The number of aromatic hydroxyl groups is 1. The molecule has 0 aliphatic heterocycles. The number of benzene rings is 1. The third-order valence-electron chi connectivity index (χ3n) is 9.58. The van der Waals surface area contributed by atoms with Crippen LogP contribution >= 0.6 is 0 Å². The van der Waals surface area contributed by atoms with Gasteiger partial charge in [0.2, 0.25) is 5.91 Å². The van der Waals surface area contributed by atoms with E-state index in [1.807, 2.05) is 32.9 Å². The van der Waals surface area contributed by atoms with Crippen LogP contribution in [0, 0.1) is 17.3 Å². The summed E-state index contributed by atoms with van der Waals surface area (Å²) < 4.78 is 5.23. The first-order chi connectivity index (χ1) is 17.9. The first kappa shape index (κ1) is 28.7. The number of phenols is 1. The molecule has 0 bridgehead atoms. The molecule has 1 aromatic carbocycles. The number of carbonyl (C=O) groups excluding carboxylic acids is 2. The number of carbonyl (C=O) groups is 2. The lowest BCUT2D eigenvalue weighted by atomic mass is 9.53. The van der Waals surface area contributed by atoms with E-state index in [1.54, 1.807) is 0 Å². The second kappa shape index (κ2) is 11.4. The van der Waals surface area contributed by atoms with E-state index in [0.717, 1.165) is 57.8 Å². The van der Waals surface area contributed by atoms with Gasteiger partial charge in [0, 0.05) is 13.1 Å². The van der Waals surface area contributed by atoms with Crippen LogP contribution in [0.15, 0.2) is 18.2 Å². The average Bonchev–Trinajstić information content (AvgIpc) is 3.09. The smallest absolute Gasteiger partial charge is 0.407 e. The summed E-state index contributed by atoms with van der Waals surface area (Å²) in [5.41, 5.74) is 0.993. The highest BCUT2D eigenvalue weighted by Crippen LogP contribution is 2.65. The fourth-order valence-corrected chi connectivity index (χ4v) is 7.63. The van der Waals surface area contributed by atoms with E-state index in [-0.39, 0.29) is 23.8 Å². The summed E-state index contributed by atoms with van der Waals surface area (Å²) in [6, 6.07) is 5.84. The Morgan fingerprint density at radius 2 is 1.74 bits per heavy atom. The highest BCUT2D eigenvalue weighted by atomic mass is 16.6. The topological polar surface area (TPSA) is 108 Å². The molecule has 0 radical (unpaired) electrons. The second-order valence-electron chi connectivity index (χ2n) is 13.2. The number of rotatable bonds is 9. The second-order valence-corrected chi connectivity index (χ2v) is 13.2. The number of alkyl carbamates (subject to hydrolysis) is 1. The molecule has 7 nitrogen and oxygen atoms in total. The van der Waals surface area contributed by atoms with Gasteiger partial charge in [0.05, 0.1) is 12.0 Å². The Balaban J connectivity index is 1.19. The average molecular weight is 529 g/mol.